The zero-order valence-electron chi connectivity index (χ0n) is 12.1. The van der Waals surface area contributed by atoms with Gasteiger partial charge >= 0.3 is 0 Å². The fourth-order valence-corrected chi connectivity index (χ4v) is 3.13. The number of ether oxygens (including phenoxy) is 1. The number of carbonyl (C=O) groups is 1. The van der Waals surface area contributed by atoms with Gasteiger partial charge in [-0.3, -0.25) is 9.79 Å². The van der Waals surface area contributed by atoms with Gasteiger partial charge in [-0.2, -0.15) is 0 Å². The SMILES string of the molecule is COc1cc(CNC(=O)C2=CSC3N=CNC=C3C2)ccn1. The molecule has 0 saturated heterocycles. The molecule has 6 nitrogen and oxygen atoms in total. The second-order valence-corrected chi connectivity index (χ2v) is 5.82. The third-order valence-electron chi connectivity index (χ3n) is 3.36. The molecule has 1 unspecified atom stereocenters. The summed E-state index contributed by atoms with van der Waals surface area (Å²) in [5.41, 5.74) is 2.82. The fraction of sp³-hybridized carbons (Fsp3) is 0.267. The molecule has 114 valence electrons. The van der Waals surface area contributed by atoms with Crippen molar-refractivity contribution in [3.63, 3.8) is 0 Å². The van der Waals surface area contributed by atoms with Crippen LogP contribution in [0.5, 0.6) is 5.88 Å². The van der Waals surface area contributed by atoms with Crippen molar-refractivity contribution in [3.8, 4) is 5.88 Å². The first kappa shape index (κ1) is 14.6. The van der Waals surface area contributed by atoms with Gasteiger partial charge in [0.2, 0.25) is 11.8 Å². The first-order valence-corrected chi connectivity index (χ1v) is 7.79. The van der Waals surface area contributed by atoms with Crippen LogP contribution < -0.4 is 15.4 Å². The lowest BCUT2D eigenvalue weighted by atomic mass is 10.1. The second-order valence-electron chi connectivity index (χ2n) is 4.86. The first-order valence-electron chi connectivity index (χ1n) is 6.84. The van der Waals surface area contributed by atoms with Gasteiger partial charge in [0.15, 0.2) is 0 Å². The minimum Gasteiger partial charge on any atom is -0.481 e. The lowest BCUT2D eigenvalue weighted by Crippen LogP contribution is -2.28. The number of methoxy groups -OCH3 is 1. The maximum atomic E-state index is 12.3. The molecule has 2 N–H and O–H groups in total. The van der Waals surface area contributed by atoms with Crippen molar-refractivity contribution in [1.29, 1.82) is 0 Å². The summed E-state index contributed by atoms with van der Waals surface area (Å²) in [6.45, 7) is 0.443. The highest BCUT2D eigenvalue weighted by atomic mass is 32.2. The number of aliphatic imine (C=N–C) groups is 1. The average molecular weight is 316 g/mol. The summed E-state index contributed by atoms with van der Waals surface area (Å²) in [5, 5.41) is 7.89. The second kappa shape index (κ2) is 6.65. The van der Waals surface area contributed by atoms with Crippen LogP contribution in [0.15, 0.2) is 46.1 Å². The topological polar surface area (TPSA) is 75.6 Å². The molecule has 1 atom stereocenters. The quantitative estimate of drug-likeness (QED) is 0.882. The number of rotatable bonds is 4. The first-order chi connectivity index (χ1) is 10.8. The third-order valence-corrected chi connectivity index (χ3v) is 4.46. The Balaban J connectivity index is 1.60. The lowest BCUT2D eigenvalue weighted by molar-refractivity contribution is -0.117. The highest BCUT2D eigenvalue weighted by Gasteiger charge is 2.24. The molecule has 7 heteroatoms. The predicted molar refractivity (Wildman–Crippen MR) is 86.4 cm³/mol. The predicted octanol–water partition coefficient (Wildman–Crippen LogP) is 1.57. The number of nitrogens with one attached hydrogen (secondary N) is 2. The number of nitrogens with zero attached hydrogens (tertiary/aromatic N) is 2. The average Bonchev–Trinajstić information content (AvgIpc) is 2.59. The van der Waals surface area contributed by atoms with Gasteiger partial charge in [0, 0.05) is 37.0 Å². The number of thioether (sulfide) groups is 1. The molecule has 0 bridgehead atoms. The highest BCUT2D eigenvalue weighted by molar-refractivity contribution is 8.03. The molecular weight excluding hydrogens is 300 g/mol. The Labute approximate surface area is 132 Å². The minimum absolute atomic E-state index is 0.0582. The summed E-state index contributed by atoms with van der Waals surface area (Å²) in [4.78, 5) is 20.6. The monoisotopic (exact) mass is 316 g/mol. The molecule has 0 aliphatic carbocycles. The van der Waals surface area contributed by atoms with Gasteiger partial charge in [-0.15, -0.1) is 11.8 Å². The molecule has 0 spiro atoms. The molecule has 1 aromatic rings. The Hall–Kier alpha value is -2.28. The van der Waals surface area contributed by atoms with Crippen LogP contribution in [0, 0.1) is 0 Å². The van der Waals surface area contributed by atoms with Crippen LogP contribution in [0.3, 0.4) is 0 Å². The summed E-state index contributed by atoms with van der Waals surface area (Å²) in [6.07, 6.45) is 5.88. The number of carbonyl (C=O) groups excluding carboxylic acids is 1. The molecule has 0 radical (unpaired) electrons. The molecule has 3 rings (SSSR count). The highest BCUT2D eigenvalue weighted by Crippen LogP contribution is 2.34. The Morgan fingerprint density at radius 2 is 2.50 bits per heavy atom. The van der Waals surface area contributed by atoms with Crippen molar-refractivity contribution >= 4 is 24.0 Å². The van der Waals surface area contributed by atoms with Crippen molar-refractivity contribution in [2.45, 2.75) is 18.3 Å². The van der Waals surface area contributed by atoms with Crippen molar-refractivity contribution in [2.75, 3.05) is 7.11 Å². The van der Waals surface area contributed by atoms with E-state index >= 15 is 0 Å². The molecule has 0 fully saturated rings. The van der Waals surface area contributed by atoms with Crippen LogP contribution in [0.4, 0.5) is 0 Å². The summed E-state index contributed by atoms with van der Waals surface area (Å²) in [5.74, 6) is 0.482. The van der Waals surface area contributed by atoms with Crippen LogP contribution in [-0.4, -0.2) is 29.7 Å². The Bertz CT molecular complexity index is 669. The molecule has 1 amide bonds. The number of aromatic nitrogens is 1. The minimum atomic E-state index is -0.0582. The molecule has 1 aromatic heterocycles. The van der Waals surface area contributed by atoms with E-state index < -0.39 is 0 Å². The van der Waals surface area contributed by atoms with Gasteiger partial charge < -0.3 is 15.4 Å². The number of hydrogen-bond donors (Lipinski definition) is 2. The van der Waals surface area contributed by atoms with Gasteiger partial charge in [0.05, 0.1) is 13.4 Å². The molecule has 2 aliphatic heterocycles. The summed E-state index contributed by atoms with van der Waals surface area (Å²) in [6, 6.07) is 3.66. The van der Waals surface area contributed by atoms with E-state index in [1.54, 1.807) is 31.4 Å². The van der Waals surface area contributed by atoms with E-state index in [0.29, 0.717) is 18.8 Å². The lowest BCUT2D eigenvalue weighted by Gasteiger charge is -2.23. The zero-order valence-corrected chi connectivity index (χ0v) is 12.9. The maximum absolute atomic E-state index is 12.3. The van der Waals surface area contributed by atoms with Crippen LogP contribution in [-0.2, 0) is 11.3 Å². The summed E-state index contributed by atoms with van der Waals surface area (Å²) >= 11 is 1.55. The molecular formula is C15H16N4O2S. The van der Waals surface area contributed by atoms with Crippen molar-refractivity contribution in [3.05, 3.63) is 46.6 Å². The third kappa shape index (κ3) is 3.30. The van der Waals surface area contributed by atoms with E-state index in [1.807, 2.05) is 23.7 Å². The van der Waals surface area contributed by atoms with Crippen LogP contribution >= 0.6 is 11.8 Å². The number of amides is 1. The Morgan fingerprint density at radius 1 is 1.59 bits per heavy atom. The Morgan fingerprint density at radius 3 is 3.36 bits per heavy atom. The van der Waals surface area contributed by atoms with Gasteiger partial charge in [-0.1, -0.05) is 0 Å². The fourth-order valence-electron chi connectivity index (χ4n) is 2.19. The number of pyridine rings is 1. The largest absolute Gasteiger partial charge is 0.481 e. The van der Waals surface area contributed by atoms with E-state index in [1.165, 1.54) is 0 Å². The van der Waals surface area contributed by atoms with E-state index in [2.05, 4.69) is 20.6 Å². The van der Waals surface area contributed by atoms with Gasteiger partial charge in [-0.25, -0.2) is 4.98 Å². The maximum Gasteiger partial charge on any atom is 0.248 e. The van der Waals surface area contributed by atoms with Crippen molar-refractivity contribution in [1.82, 2.24) is 15.6 Å². The molecule has 0 saturated carbocycles. The summed E-state index contributed by atoms with van der Waals surface area (Å²) in [7, 11) is 1.57. The normalized spacial score (nSPS) is 19.4. The van der Waals surface area contributed by atoms with Gasteiger partial charge in [-0.05, 0) is 22.6 Å². The smallest absolute Gasteiger partial charge is 0.248 e. The van der Waals surface area contributed by atoms with Crippen LogP contribution in [0.25, 0.3) is 0 Å². The van der Waals surface area contributed by atoms with E-state index in [9.17, 15) is 4.79 Å². The van der Waals surface area contributed by atoms with Crippen molar-refractivity contribution < 1.29 is 9.53 Å². The number of hydrogen-bond acceptors (Lipinski definition) is 6. The molecule has 0 aromatic carbocycles. The van der Waals surface area contributed by atoms with Gasteiger partial charge in [0.1, 0.15) is 5.37 Å². The van der Waals surface area contributed by atoms with E-state index in [4.69, 9.17) is 4.74 Å². The molecule has 3 heterocycles. The molecule has 2 aliphatic rings. The summed E-state index contributed by atoms with van der Waals surface area (Å²) < 4.78 is 5.07. The van der Waals surface area contributed by atoms with Crippen molar-refractivity contribution in [2.24, 2.45) is 4.99 Å². The van der Waals surface area contributed by atoms with E-state index in [0.717, 1.165) is 16.7 Å². The Kier molecular flexibility index (Phi) is 4.43. The number of fused-ring (bicyclic) bond motifs is 1. The standard InChI is InChI=1S/C15H16N4O2S/c1-21-13-4-10(2-3-17-13)6-18-14(20)12-5-11-7-16-9-19-15(11)22-8-12/h2-4,7-9,15H,5-6H2,1H3,(H,16,19)(H,18,20). The van der Waals surface area contributed by atoms with Crippen LogP contribution in [0.1, 0.15) is 12.0 Å². The molecule has 22 heavy (non-hydrogen) atoms. The van der Waals surface area contributed by atoms with E-state index in [-0.39, 0.29) is 11.3 Å². The van der Waals surface area contributed by atoms with Crippen LogP contribution in [0.2, 0.25) is 0 Å². The van der Waals surface area contributed by atoms with Gasteiger partial charge in [0.25, 0.3) is 0 Å². The zero-order chi connectivity index (χ0) is 15.4.